The molecule has 310 valence electrons. The van der Waals surface area contributed by atoms with Crippen molar-refractivity contribution in [2.45, 2.75) is 71.6 Å². The highest BCUT2D eigenvalue weighted by molar-refractivity contribution is 6.36. The van der Waals surface area contributed by atoms with E-state index in [1.54, 1.807) is 0 Å². The topological polar surface area (TPSA) is 6.48 Å². The van der Waals surface area contributed by atoms with Gasteiger partial charge in [-0.1, -0.05) is 204 Å². The molecular weight excluding hydrogens is 772 g/mol. The largest absolute Gasteiger partial charge is 0.309 e. The van der Waals surface area contributed by atoms with Crippen molar-refractivity contribution in [3.05, 3.63) is 250 Å². The lowest BCUT2D eigenvalue weighted by Crippen LogP contribution is -2.31. The Morgan fingerprint density at radius 1 is 0.323 bits per heavy atom. The fourth-order valence-electron chi connectivity index (χ4n) is 8.66. The lowest BCUT2D eigenvalue weighted by atomic mass is 9.65. The second kappa shape index (κ2) is 17.2. The van der Waals surface area contributed by atoms with Crippen LogP contribution in [0.15, 0.2) is 200 Å². The van der Waals surface area contributed by atoms with Crippen molar-refractivity contribution in [3.63, 3.8) is 0 Å². The lowest BCUT2D eigenvalue weighted by molar-refractivity contribution is 0.590. The third-order valence-electron chi connectivity index (χ3n) is 12.1. The van der Waals surface area contributed by atoms with Gasteiger partial charge in [0.05, 0.1) is 21.8 Å². The molecule has 0 aromatic heterocycles. The van der Waals surface area contributed by atoms with E-state index in [2.05, 4.69) is 265 Å². The number of aryl methyl sites for hydroxylation is 2. The molecular formula is C59H57ClN2. The van der Waals surface area contributed by atoms with E-state index in [4.69, 9.17) is 11.6 Å². The van der Waals surface area contributed by atoms with Crippen LogP contribution in [0.1, 0.15) is 86.1 Å². The van der Waals surface area contributed by atoms with E-state index in [1.807, 2.05) is 0 Å². The van der Waals surface area contributed by atoms with Gasteiger partial charge in [0, 0.05) is 22.7 Å². The van der Waals surface area contributed by atoms with Crippen molar-refractivity contribution in [3.8, 4) is 0 Å². The molecule has 8 rings (SSSR count). The molecule has 0 saturated carbocycles. The predicted molar refractivity (Wildman–Crippen MR) is 266 cm³/mol. The standard InChI is InChI=1S/C59H57ClN2/c1-42-24-32-50(33-25-42)61(52-36-28-44(29-37-52)57(3,4)5)54-40-49(59(46-18-12-9-13-19-46,47-20-14-10-15-21-47)48-22-16-11-17-23-48)41-55(56(54)60)62(51-34-26-43(2)27-35-51)53-38-30-45(31-39-53)58(6,7)8/h9-41H,1-8H3. The summed E-state index contributed by atoms with van der Waals surface area (Å²) in [6.45, 7) is 17.8. The summed E-state index contributed by atoms with van der Waals surface area (Å²) in [5.74, 6) is 0. The monoisotopic (exact) mass is 828 g/mol. The minimum atomic E-state index is -0.748. The van der Waals surface area contributed by atoms with E-state index in [9.17, 15) is 0 Å². The normalized spacial score (nSPS) is 12.0. The maximum atomic E-state index is 8.14. The average Bonchev–Trinajstić information content (AvgIpc) is 3.27. The third kappa shape index (κ3) is 8.33. The molecule has 0 N–H and O–H groups in total. The first-order chi connectivity index (χ1) is 29.7. The van der Waals surface area contributed by atoms with Crippen LogP contribution in [0.25, 0.3) is 0 Å². The van der Waals surface area contributed by atoms with E-state index in [0.717, 1.165) is 56.4 Å². The molecule has 0 unspecified atom stereocenters. The fourth-order valence-corrected chi connectivity index (χ4v) is 8.94. The lowest BCUT2D eigenvalue weighted by Gasteiger charge is -2.39. The Hall–Kier alpha value is -6.35. The fraction of sp³-hybridized carbons (Fsp3) is 0.186. The minimum Gasteiger partial charge on any atom is -0.309 e. The smallest absolute Gasteiger partial charge is 0.0887 e. The van der Waals surface area contributed by atoms with E-state index < -0.39 is 5.41 Å². The Balaban J connectivity index is 1.53. The van der Waals surface area contributed by atoms with Crippen LogP contribution in [0.4, 0.5) is 34.1 Å². The van der Waals surface area contributed by atoms with Gasteiger partial charge in [0.25, 0.3) is 0 Å². The summed E-state index contributed by atoms with van der Waals surface area (Å²) in [7, 11) is 0. The summed E-state index contributed by atoms with van der Waals surface area (Å²) in [4.78, 5) is 4.67. The number of rotatable bonds is 10. The number of halogens is 1. The number of benzene rings is 8. The van der Waals surface area contributed by atoms with Crippen molar-refractivity contribution >= 4 is 45.7 Å². The van der Waals surface area contributed by atoms with E-state index in [0.29, 0.717) is 5.02 Å². The Labute approximate surface area is 375 Å². The molecule has 0 fully saturated rings. The second-order valence-corrected chi connectivity index (χ2v) is 19.0. The van der Waals surface area contributed by atoms with Crippen molar-refractivity contribution in [1.82, 2.24) is 0 Å². The Bertz CT molecular complexity index is 2500. The molecule has 0 atom stereocenters. The zero-order valence-electron chi connectivity index (χ0n) is 37.3. The molecule has 0 saturated heterocycles. The number of hydrogen-bond acceptors (Lipinski definition) is 2. The summed E-state index contributed by atoms with van der Waals surface area (Å²) in [6.07, 6.45) is 0. The molecule has 0 amide bonds. The second-order valence-electron chi connectivity index (χ2n) is 18.6. The van der Waals surface area contributed by atoms with Gasteiger partial charge in [-0.15, -0.1) is 0 Å². The molecule has 62 heavy (non-hydrogen) atoms. The summed E-state index contributed by atoms with van der Waals surface area (Å²) in [5, 5.41) is 0.637. The van der Waals surface area contributed by atoms with Gasteiger partial charge >= 0.3 is 0 Å². The molecule has 0 bridgehead atoms. The van der Waals surface area contributed by atoms with Gasteiger partial charge in [0.15, 0.2) is 0 Å². The predicted octanol–water partition coefficient (Wildman–Crippen LogP) is 16.9. The Kier molecular flexibility index (Phi) is 11.7. The van der Waals surface area contributed by atoms with E-state index >= 15 is 0 Å². The highest BCUT2D eigenvalue weighted by atomic mass is 35.5. The first kappa shape index (κ1) is 42.3. The van der Waals surface area contributed by atoms with Gasteiger partial charge in [-0.25, -0.2) is 0 Å². The summed E-state index contributed by atoms with van der Waals surface area (Å²) < 4.78 is 0. The van der Waals surface area contributed by atoms with Gasteiger partial charge < -0.3 is 9.80 Å². The van der Waals surface area contributed by atoms with Crippen LogP contribution in [-0.2, 0) is 16.2 Å². The maximum absolute atomic E-state index is 8.14. The molecule has 8 aromatic rings. The Morgan fingerprint density at radius 3 is 0.871 bits per heavy atom. The third-order valence-corrected chi connectivity index (χ3v) is 12.5. The SMILES string of the molecule is Cc1ccc(N(c2ccc(C(C)(C)C)cc2)c2cc(C(c3ccccc3)(c3ccccc3)c3ccccc3)cc(N(c3ccc(C)cc3)c3ccc(C(C)(C)C)cc3)c2Cl)cc1. The van der Waals surface area contributed by atoms with E-state index in [1.165, 1.54) is 22.3 Å². The molecule has 8 aromatic carbocycles. The quantitative estimate of drug-likeness (QED) is 0.127. The van der Waals surface area contributed by atoms with Crippen LogP contribution in [0, 0.1) is 13.8 Å². The van der Waals surface area contributed by atoms with Crippen LogP contribution >= 0.6 is 11.6 Å². The highest BCUT2D eigenvalue weighted by Gasteiger charge is 2.40. The van der Waals surface area contributed by atoms with Gasteiger partial charge in [-0.05, 0) is 119 Å². The van der Waals surface area contributed by atoms with Crippen molar-refractivity contribution < 1.29 is 0 Å². The van der Waals surface area contributed by atoms with Crippen LogP contribution in [-0.4, -0.2) is 0 Å². The van der Waals surface area contributed by atoms with Crippen LogP contribution in [0.3, 0.4) is 0 Å². The molecule has 0 aliphatic rings. The maximum Gasteiger partial charge on any atom is 0.0887 e. The number of nitrogens with zero attached hydrogens (tertiary/aromatic N) is 2. The van der Waals surface area contributed by atoms with Gasteiger partial charge in [-0.2, -0.15) is 0 Å². The zero-order chi connectivity index (χ0) is 43.6. The number of hydrogen-bond donors (Lipinski definition) is 0. The van der Waals surface area contributed by atoms with Gasteiger partial charge in [0.2, 0.25) is 0 Å². The van der Waals surface area contributed by atoms with Crippen LogP contribution < -0.4 is 9.80 Å². The number of anilines is 6. The molecule has 0 aliphatic heterocycles. The molecule has 0 spiro atoms. The van der Waals surface area contributed by atoms with Crippen molar-refractivity contribution in [2.24, 2.45) is 0 Å². The molecule has 0 aliphatic carbocycles. The van der Waals surface area contributed by atoms with Gasteiger partial charge in [0.1, 0.15) is 0 Å². The van der Waals surface area contributed by atoms with Crippen molar-refractivity contribution in [1.29, 1.82) is 0 Å². The summed E-state index contributed by atoms with van der Waals surface area (Å²) in [6, 6.07) is 73.0. The highest BCUT2D eigenvalue weighted by Crippen LogP contribution is 2.53. The molecule has 3 heteroatoms. The molecule has 0 radical (unpaired) electrons. The van der Waals surface area contributed by atoms with Gasteiger partial charge in [-0.3, -0.25) is 0 Å². The average molecular weight is 830 g/mol. The van der Waals surface area contributed by atoms with E-state index in [-0.39, 0.29) is 10.8 Å². The molecule has 2 nitrogen and oxygen atoms in total. The minimum absolute atomic E-state index is 0.00428. The molecule has 0 heterocycles. The van der Waals surface area contributed by atoms with Crippen LogP contribution in [0.5, 0.6) is 0 Å². The zero-order valence-corrected chi connectivity index (χ0v) is 38.1. The summed E-state index contributed by atoms with van der Waals surface area (Å²) >= 11 is 8.14. The first-order valence-corrected chi connectivity index (χ1v) is 22.1. The first-order valence-electron chi connectivity index (χ1n) is 21.7. The summed E-state index contributed by atoms with van der Waals surface area (Å²) in [5.41, 5.74) is 14.6. The van der Waals surface area contributed by atoms with Crippen LogP contribution in [0.2, 0.25) is 5.02 Å². The Morgan fingerprint density at radius 2 is 0.597 bits per heavy atom. The van der Waals surface area contributed by atoms with Crippen molar-refractivity contribution in [2.75, 3.05) is 9.80 Å².